The summed E-state index contributed by atoms with van der Waals surface area (Å²) >= 11 is 1.46. The third-order valence-electron chi connectivity index (χ3n) is 5.06. The monoisotopic (exact) mass is 396 g/mol. The molecule has 1 aliphatic rings. The molecule has 146 valence electrons. The summed E-state index contributed by atoms with van der Waals surface area (Å²) < 4.78 is 7.55. The van der Waals surface area contributed by atoms with Crippen molar-refractivity contribution in [2.75, 3.05) is 17.2 Å². The molecule has 1 aliphatic heterocycles. The summed E-state index contributed by atoms with van der Waals surface area (Å²) in [6, 6.07) is 10.0. The van der Waals surface area contributed by atoms with E-state index in [4.69, 9.17) is 4.42 Å². The number of amides is 1. The highest BCUT2D eigenvalue weighted by Gasteiger charge is 2.25. The number of hydrogen-bond donors (Lipinski definition) is 0. The Morgan fingerprint density at radius 3 is 2.89 bits per heavy atom. The number of para-hydroxylation sites is 1. The zero-order valence-electron chi connectivity index (χ0n) is 16.2. The number of hydrogen-bond acceptors (Lipinski definition) is 5. The van der Waals surface area contributed by atoms with Gasteiger partial charge in [-0.05, 0) is 37.5 Å². The number of benzene rings is 1. The van der Waals surface area contributed by atoms with Crippen molar-refractivity contribution in [2.45, 2.75) is 44.8 Å². The van der Waals surface area contributed by atoms with E-state index in [9.17, 15) is 4.79 Å². The summed E-state index contributed by atoms with van der Waals surface area (Å²) in [4.78, 5) is 14.7. The lowest BCUT2D eigenvalue weighted by Gasteiger charge is -2.17. The van der Waals surface area contributed by atoms with Crippen LogP contribution in [0.4, 0.5) is 5.69 Å². The van der Waals surface area contributed by atoms with Crippen LogP contribution in [0.1, 0.15) is 31.1 Å². The molecule has 2 aromatic heterocycles. The van der Waals surface area contributed by atoms with Gasteiger partial charge in [-0.2, -0.15) is 0 Å². The van der Waals surface area contributed by atoms with Crippen LogP contribution < -0.4 is 4.90 Å². The van der Waals surface area contributed by atoms with Gasteiger partial charge in [0.2, 0.25) is 5.91 Å². The smallest absolute Gasteiger partial charge is 0.237 e. The maximum absolute atomic E-state index is 12.8. The summed E-state index contributed by atoms with van der Waals surface area (Å²) in [6.45, 7) is 5.66. The fraction of sp³-hybridized carbons (Fsp3) is 0.381. The molecule has 28 heavy (non-hydrogen) atoms. The molecule has 3 aromatic rings. The van der Waals surface area contributed by atoms with Crippen LogP contribution in [0, 0.1) is 6.92 Å². The highest BCUT2D eigenvalue weighted by atomic mass is 32.2. The highest BCUT2D eigenvalue weighted by molar-refractivity contribution is 7.99. The summed E-state index contributed by atoms with van der Waals surface area (Å²) in [5, 5.41) is 9.55. The molecule has 0 atom stereocenters. The number of aryl methyl sites for hydroxylation is 1. The summed E-state index contributed by atoms with van der Waals surface area (Å²) in [5.74, 6) is 2.09. The van der Waals surface area contributed by atoms with Crippen LogP contribution >= 0.6 is 11.8 Å². The lowest BCUT2D eigenvalue weighted by molar-refractivity contribution is -0.116. The number of rotatable bonds is 7. The molecule has 0 unspecified atom stereocenters. The molecule has 0 saturated carbocycles. The number of aromatic nitrogens is 3. The second-order valence-corrected chi connectivity index (χ2v) is 7.86. The average molecular weight is 397 g/mol. The first-order chi connectivity index (χ1) is 13.7. The van der Waals surface area contributed by atoms with Crippen LogP contribution in [0.3, 0.4) is 0 Å². The second-order valence-electron chi connectivity index (χ2n) is 6.91. The molecular formula is C21H24N4O2S. The third-order valence-corrected chi connectivity index (χ3v) is 6.02. The third kappa shape index (κ3) is 3.58. The molecule has 3 heterocycles. The Morgan fingerprint density at radius 2 is 2.11 bits per heavy atom. The molecule has 0 aliphatic carbocycles. The van der Waals surface area contributed by atoms with E-state index in [1.807, 2.05) is 36.1 Å². The van der Waals surface area contributed by atoms with E-state index < -0.39 is 0 Å². The topological polar surface area (TPSA) is 64.2 Å². The second kappa shape index (κ2) is 8.22. The van der Waals surface area contributed by atoms with Gasteiger partial charge in [0.05, 0.1) is 17.6 Å². The lowest BCUT2D eigenvalue weighted by atomic mass is 10.2. The van der Waals surface area contributed by atoms with E-state index in [1.54, 1.807) is 6.26 Å². The van der Waals surface area contributed by atoms with E-state index >= 15 is 0 Å². The van der Waals surface area contributed by atoms with Crippen LogP contribution in [0.5, 0.6) is 0 Å². The largest absolute Gasteiger partial charge is 0.469 e. The number of thioether (sulfide) groups is 1. The van der Waals surface area contributed by atoms with Gasteiger partial charge in [0, 0.05) is 18.8 Å². The normalized spacial score (nSPS) is 13.1. The van der Waals surface area contributed by atoms with Crippen LogP contribution in [-0.2, 0) is 17.8 Å². The van der Waals surface area contributed by atoms with Crippen molar-refractivity contribution >= 4 is 23.4 Å². The lowest BCUT2D eigenvalue weighted by Crippen LogP contribution is -2.30. The Morgan fingerprint density at radius 1 is 1.25 bits per heavy atom. The SMILES string of the molecule is CCCCn1c(SCC(=O)N2CCc3ccccc32)nnc1-c1ccoc1C. The number of unbranched alkanes of at least 4 members (excludes halogenated alkanes) is 1. The van der Waals surface area contributed by atoms with Gasteiger partial charge < -0.3 is 13.9 Å². The van der Waals surface area contributed by atoms with Gasteiger partial charge in [0.1, 0.15) is 5.76 Å². The van der Waals surface area contributed by atoms with Crippen molar-refractivity contribution in [1.82, 2.24) is 14.8 Å². The molecule has 0 N–H and O–H groups in total. The first kappa shape index (κ1) is 18.8. The maximum Gasteiger partial charge on any atom is 0.237 e. The van der Waals surface area contributed by atoms with Gasteiger partial charge in [0.15, 0.2) is 11.0 Å². The minimum atomic E-state index is 0.112. The molecule has 1 amide bonds. The van der Waals surface area contributed by atoms with E-state index in [1.165, 1.54) is 17.3 Å². The molecule has 0 spiro atoms. The Labute approximate surface area is 168 Å². The molecule has 0 radical (unpaired) electrons. The van der Waals surface area contributed by atoms with Gasteiger partial charge in [-0.3, -0.25) is 4.79 Å². The van der Waals surface area contributed by atoms with Crippen molar-refractivity contribution in [1.29, 1.82) is 0 Å². The van der Waals surface area contributed by atoms with Crippen LogP contribution in [-0.4, -0.2) is 33.0 Å². The summed E-state index contributed by atoms with van der Waals surface area (Å²) in [7, 11) is 0. The van der Waals surface area contributed by atoms with Crippen LogP contribution in [0.15, 0.2) is 46.2 Å². The Balaban J connectivity index is 1.51. The van der Waals surface area contributed by atoms with Gasteiger partial charge in [0.25, 0.3) is 0 Å². The maximum atomic E-state index is 12.8. The van der Waals surface area contributed by atoms with Crippen molar-refractivity contribution in [3.05, 3.63) is 47.9 Å². The van der Waals surface area contributed by atoms with Gasteiger partial charge in [-0.25, -0.2) is 0 Å². The fourth-order valence-corrected chi connectivity index (χ4v) is 4.37. The zero-order valence-corrected chi connectivity index (χ0v) is 17.0. The highest BCUT2D eigenvalue weighted by Crippen LogP contribution is 2.30. The summed E-state index contributed by atoms with van der Waals surface area (Å²) in [5.41, 5.74) is 3.23. The predicted molar refractivity (Wildman–Crippen MR) is 111 cm³/mol. The number of furan rings is 1. The van der Waals surface area contributed by atoms with Crippen molar-refractivity contribution in [2.24, 2.45) is 0 Å². The number of fused-ring (bicyclic) bond motifs is 1. The molecule has 0 fully saturated rings. The Hall–Kier alpha value is -2.54. The molecule has 0 saturated heterocycles. The molecule has 4 rings (SSSR count). The molecule has 7 heteroatoms. The minimum absolute atomic E-state index is 0.112. The predicted octanol–water partition coefficient (Wildman–Crippen LogP) is 4.33. The van der Waals surface area contributed by atoms with E-state index in [-0.39, 0.29) is 5.91 Å². The van der Waals surface area contributed by atoms with E-state index in [2.05, 4.69) is 27.8 Å². The quantitative estimate of drug-likeness (QED) is 0.556. The molecule has 1 aromatic carbocycles. The van der Waals surface area contributed by atoms with Crippen molar-refractivity contribution < 1.29 is 9.21 Å². The first-order valence-corrected chi connectivity index (χ1v) is 10.7. The van der Waals surface area contributed by atoms with Gasteiger partial charge in [-0.1, -0.05) is 43.3 Å². The average Bonchev–Trinajstić information content (AvgIpc) is 3.42. The van der Waals surface area contributed by atoms with Crippen LogP contribution in [0.2, 0.25) is 0 Å². The molecule has 6 nitrogen and oxygen atoms in total. The number of anilines is 1. The van der Waals surface area contributed by atoms with Crippen LogP contribution in [0.25, 0.3) is 11.4 Å². The Bertz CT molecular complexity index is 978. The fourth-order valence-electron chi connectivity index (χ4n) is 3.53. The van der Waals surface area contributed by atoms with Crippen molar-refractivity contribution in [3.63, 3.8) is 0 Å². The first-order valence-electron chi connectivity index (χ1n) is 9.67. The van der Waals surface area contributed by atoms with Crippen molar-refractivity contribution in [3.8, 4) is 11.4 Å². The molecule has 0 bridgehead atoms. The molecular weight excluding hydrogens is 372 g/mol. The number of carbonyl (C=O) groups excluding carboxylic acids is 1. The van der Waals surface area contributed by atoms with Gasteiger partial charge >= 0.3 is 0 Å². The zero-order chi connectivity index (χ0) is 19.5. The summed E-state index contributed by atoms with van der Waals surface area (Å²) in [6.07, 6.45) is 4.70. The minimum Gasteiger partial charge on any atom is -0.469 e. The van der Waals surface area contributed by atoms with E-state index in [0.29, 0.717) is 5.75 Å². The van der Waals surface area contributed by atoms with E-state index in [0.717, 1.165) is 60.3 Å². The number of carbonyl (C=O) groups is 1. The standard InChI is InChI=1S/C21H24N4O2S/c1-3-4-11-25-20(17-10-13-27-15(17)2)22-23-21(25)28-14-19(26)24-12-9-16-7-5-6-8-18(16)24/h5-8,10,13H,3-4,9,11-12,14H2,1-2H3. The van der Waals surface area contributed by atoms with Gasteiger partial charge in [-0.15, -0.1) is 10.2 Å². The Kier molecular flexibility index (Phi) is 5.52. The number of nitrogens with zero attached hydrogens (tertiary/aromatic N) is 4.